The van der Waals surface area contributed by atoms with Gasteiger partial charge in [-0.2, -0.15) is 5.10 Å². The normalized spacial score (nSPS) is 19.6. The molecule has 0 spiro atoms. The Labute approximate surface area is 113 Å². The molecule has 2 heterocycles. The average Bonchev–Trinajstić information content (AvgIpc) is 2.65. The lowest BCUT2D eigenvalue weighted by atomic mass is 10.1. The van der Waals surface area contributed by atoms with Crippen molar-refractivity contribution in [3.05, 3.63) is 5.69 Å². The van der Waals surface area contributed by atoms with Crippen molar-refractivity contribution >= 4 is 17.4 Å². The molecule has 1 aliphatic heterocycles. The van der Waals surface area contributed by atoms with Gasteiger partial charge < -0.3 is 16.0 Å². The molecular weight excluding hydrogens is 242 g/mol. The molecule has 6 nitrogen and oxygen atoms in total. The zero-order valence-electron chi connectivity index (χ0n) is 11.9. The summed E-state index contributed by atoms with van der Waals surface area (Å²) in [6.07, 6.45) is 1.76. The van der Waals surface area contributed by atoms with Crippen LogP contribution in [0.3, 0.4) is 0 Å². The smallest absolute Gasteiger partial charge is 0.242 e. The van der Waals surface area contributed by atoms with Gasteiger partial charge in [0.25, 0.3) is 0 Å². The maximum atomic E-state index is 12.0. The predicted octanol–water partition coefficient (Wildman–Crippen LogP) is 0.899. The number of amides is 1. The van der Waals surface area contributed by atoms with Gasteiger partial charge in [0.2, 0.25) is 5.91 Å². The SMILES string of the molecule is CCCn1nc(C)c(N)c1N1CCNC(=O)C1CC. The van der Waals surface area contributed by atoms with Gasteiger partial charge in [-0.3, -0.25) is 4.79 Å². The number of piperazine rings is 1. The predicted molar refractivity (Wildman–Crippen MR) is 76.1 cm³/mol. The first-order chi connectivity index (χ1) is 9.10. The molecule has 1 atom stereocenters. The van der Waals surface area contributed by atoms with Gasteiger partial charge in [-0.15, -0.1) is 0 Å². The van der Waals surface area contributed by atoms with E-state index in [1.165, 1.54) is 0 Å². The molecular formula is C13H23N5O. The molecule has 19 heavy (non-hydrogen) atoms. The topological polar surface area (TPSA) is 76.2 Å². The summed E-state index contributed by atoms with van der Waals surface area (Å²) in [5.41, 5.74) is 7.70. The van der Waals surface area contributed by atoms with Crippen molar-refractivity contribution < 1.29 is 4.79 Å². The Bertz CT molecular complexity index is 468. The van der Waals surface area contributed by atoms with E-state index in [1.807, 2.05) is 18.5 Å². The standard InChI is InChI=1S/C13H23N5O/c1-4-7-18-13(11(14)9(3)16-18)17-8-6-15-12(19)10(17)5-2/h10H,4-8,14H2,1-3H3,(H,15,19). The minimum atomic E-state index is -0.150. The van der Waals surface area contributed by atoms with Crippen LogP contribution in [-0.4, -0.2) is 34.8 Å². The molecule has 1 aromatic rings. The second-order valence-electron chi connectivity index (χ2n) is 4.95. The van der Waals surface area contributed by atoms with Crippen LogP contribution in [0.15, 0.2) is 0 Å². The molecule has 1 amide bonds. The fraction of sp³-hybridized carbons (Fsp3) is 0.692. The third-order valence-corrected chi connectivity index (χ3v) is 3.57. The molecule has 0 bridgehead atoms. The number of nitrogens with zero attached hydrogens (tertiary/aromatic N) is 3. The second kappa shape index (κ2) is 5.50. The number of nitrogens with two attached hydrogens (primary N) is 1. The Morgan fingerprint density at radius 3 is 2.84 bits per heavy atom. The van der Waals surface area contributed by atoms with Crippen LogP contribution in [0.4, 0.5) is 11.5 Å². The van der Waals surface area contributed by atoms with Crippen molar-refractivity contribution in [1.29, 1.82) is 0 Å². The summed E-state index contributed by atoms with van der Waals surface area (Å²) in [5, 5.41) is 7.40. The van der Waals surface area contributed by atoms with E-state index in [0.717, 1.165) is 37.4 Å². The van der Waals surface area contributed by atoms with Gasteiger partial charge in [0.15, 0.2) is 5.82 Å². The number of nitrogens with one attached hydrogen (secondary N) is 1. The number of anilines is 2. The summed E-state index contributed by atoms with van der Waals surface area (Å²) in [6, 6.07) is -0.150. The van der Waals surface area contributed by atoms with Crippen LogP contribution in [-0.2, 0) is 11.3 Å². The molecule has 0 aliphatic carbocycles. The minimum absolute atomic E-state index is 0.0788. The molecule has 0 saturated carbocycles. The number of nitrogen functional groups attached to an aromatic ring is 1. The van der Waals surface area contributed by atoms with Gasteiger partial charge in [0, 0.05) is 19.6 Å². The van der Waals surface area contributed by atoms with Crippen LogP contribution in [0.5, 0.6) is 0 Å². The van der Waals surface area contributed by atoms with Gasteiger partial charge in [-0.05, 0) is 19.8 Å². The molecule has 1 aromatic heterocycles. The van der Waals surface area contributed by atoms with Gasteiger partial charge in [-0.25, -0.2) is 4.68 Å². The maximum Gasteiger partial charge on any atom is 0.242 e. The highest BCUT2D eigenvalue weighted by Gasteiger charge is 2.32. The van der Waals surface area contributed by atoms with E-state index in [2.05, 4.69) is 22.2 Å². The average molecular weight is 265 g/mol. The van der Waals surface area contributed by atoms with Crippen molar-refractivity contribution in [2.24, 2.45) is 0 Å². The third kappa shape index (κ3) is 2.39. The number of carbonyl (C=O) groups excluding carboxylic acids is 1. The minimum Gasteiger partial charge on any atom is -0.394 e. The van der Waals surface area contributed by atoms with Crippen LogP contribution >= 0.6 is 0 Å². The highest BCUT2D eigenvalue weighted by atomic mass is 16.2. The fourth-order valence-corrected chi connectivity index (χ4v) is 2.63. The van der Waals surface area contributed by atoms with Crippen LogP contribution in [0.2, 0.25) is 0 Å². The number of carbonyl (C=O) groups is 1. The first kappa shape index (κ1) is 13.7. The number of hydrogen-bond acceptors (Lipinski definition) is 4. The second-order valence-corrected chi connectivity index (χ2v) is 4.95. The maximum absolute atomic E-state index is 12.0. The summed E-state index contributed by atoms with van der Waals surface area (Å²) < 4.78 is 1.94. The highest BCUT2D eigenvalue weighted by Crippen LogP contribution is 2.29. The molecule has 1 fully saturated rings. The van der Waals surface area contributed by atoms with Crippen LogP contribution in [0, 0.1) is 6.92 Å². The van der Waals surface area contributed by atoms with Crippen molar-refractivity contribution in [3.8, 4) is 0 Å². The van der Waals surface area contributed by atoms with E-state index < -0.39 is 0 Å². The summed E-state index contributed by atoms with van der Waals surface area (Å²) in [7, 11) is 0. The van der Waals surface area contributed by atoms with Crippen LogP contribution < -0.4 is 16.0 Å². The Balaban J connectivity index is 2.41. The van der Waals surface area contributed by atoms with E-state index >= 15 is 0 Å². The monoisotopic (exact) mass is 265 g/mol. The molecule has 2 rings (SSSR count). The van der Waals surface area contributed by atoms with Gasteiger partial charge in [-0.1, -0.05) is 13.8 Å². The van der Waals surface area contributed by atoms with E-state index in [0.29, 0.717) is 12.2 Å². The van der Waals surface area contributed by atoms with E-state index in [-0.39, 0.29) is 11.9 Å². The summed E-state index contributed by atoms with van der Waals surface area (Å²) in [6.45, 7) is 8.30. The van der Waals surface area contributed by atoms with Crippen LogP contribution in [0.1, 0.15) is 32.4 Å². The Morgan fingerprint density at radius 1 is 1.47 bits per heavy atom. The number of rotatable bonds is 4. The zero-order chi connectivity index (χ0) is 14.0. The van der Waals surface area contributed by atoms with Crippen molar-refractivity contribution in [2.75, 3.05) is 23.7 Å². The van der Waals surface area contributed by atoms with Crippen molar-refractivity contribution in [1.82, 2.24) is 15.1 Å². The number of hydrogen-bond donors (Lipinski definition) is 2. The number of aromatic nitrogens is 2. The van der Waals surface area contributed by atoms with Gasteiger partial charge in [0.05, 0.1) is 11.4 Å². The Kier molecular flexibility index (Phi) is 3.97. The molecule has 0 radical (unpaired) electrons. The Hall–Kier alpha value is -1.72. The molecule has 0 aromatic carbocycles. The molecule has 3 N–H and O–H groups in total. The lowest BCUT2D eigenvalue weighted by Gasteiger charge is -2.36. The largest absolute Gasteiger partial charge is 0.394 e. The van der Waals surface area contributed by atoms with E-state index in [1.54, 1.807) is 0 Å². The molecule has 1 unspecified atom stereocenters. The first-order valence-corrected chi connectivity index (χ1v) is 6.97. The fourth-order valence-electron chi connectivity index (χ4n) is 2.63. The van der Waals surface area contributed by atoms with Crippen LogP contribution in [0.25, 0.3) is 0 Å². The van der Waals surface area contributed by atoms with Gasteiger partial charge in [0.1, 0.15) is 6.04 Å². The summed E-state index contributed by atoms with van der Waals surface area (Å²) >= 11 is 0. The van der Waals surface area contributed by atoms with E-state index in [4.69, 9.17) is 5.73 Å². The molecule has 6 heteroatoms. The van der Waals surface area contributed by atoms with Crippen molar-refractivity contribution in [3.63, 3.8) is 0 Å². The van der Waals surface area contributed by atoms with Crippen molar-refractivity contribution in [2.45, 2.75) is 46.2 Å². The molecule has 1 saturated heterocycles. The zero-order valence-corrected chi connectivity index (χ0v) is 11.9. The lowest BCUT2D eigenvalue weighted by Crippen LogP contribution is -2.55. The highest BCUT2D eigenvalue weighted by molar-refractivity contribution is 5.87. The van der Waals surface area contributed by atoms with E-state index in [9.17, 15) is 4.79 Å². The molecule has 106 valence electrons. The summed E-state index contributed by atoms with van der Waals surface area (Å²) in [5.74, 6) is 0.983. The molecule has 1 aliphatic rings. The number of aryl methyl sites for hydroxylation is 2. The summed E-state index contributed by atoms with van der Waals surface area (Å²) in [4.78, 5) is 14.1. The quantitative estimate of drug-likeness (QED) is 0.848. The first-order valence-electron chi connectivity index (χ1n) is 6.97. The Morgan fingerprint density at radius 2 is 2.21 bits per heavy atom. The lowest BCUT2D eigenvalue weighted by molar-refractivity contribution is -0.123. The third-order valence-electron chi connectivity index (χ3n) is 3.57. The van der Waals surface area contributed by atoms with Gasteiger partial charge >= 0.3 is 0 Å².